The van der Waals surface area contributed by atoms with Crippen LogP contribution in [0.3, 0.4) is 0 Å². The predicted octanol–water partition coefficient (Wildman–Crippen LogP) is 0.944. The average Bonchev–Trinajstić information content (AvgIpc) is 2.42. The Balaban J connectivity index is 2.12. The molecule has 1 heterocycles. The molecule has 2 rings (SSSR count). The van der Waals surface area contributed by atoms with Crippen LogP contribution in [-0.4, -0.2) is 48.3 Å². The highest BCUT2D eigenvalue weighted by atomic mass is 16.5. The maximum Gasteiger partial charge on any atom is 0.322 e. The van der Waals surface area contributed by atoms with Gasteiger partial charge in [-0.1, -0.05) is 18.2 Å². The zero-order valence-corrected chi connectivity index (χ0v) is 11.1. The summed E-state index contributed by atoms with van der Waals surface area (Å²) in [4.78, 5) is 13.2. The van der Waals surface area contributed by atoms with E-state index in [0.29, 0.717) is 19.7 Å². The van der Waals surface area contributed by atoms with Gasteiger partial charge in [-0.15, -0.1) is 0 Å². The Morgan fingerprint density at radius 1 is 1.53 bits per heavy atom. The number of nitrogens with zero attached hydrogens (tertiary/aromatic N) is 1. The average molecular weight is 264 g/mol. The molecule has 1 aromatic rings. The van der Waals surface area contributed by atoms with E-state index in [4.69, 9.17) is 4.74 Å². The van der Waals surface area contributed by atoms with Gasteiger partial charge in [0.05, 0.1) is 6.61 Å². The lowest BCUT2D eigenvalue weighted by Gasteiger charge is -2.33. The summed E-state index contributed by atoms with van der Waals surface area (Å²) in [7, 11) is 0. The normalized spacial score (nSPS) is 20.2. The molecule has 1 saturated heterocycles. The SMILES string of the molecule is CCOc1ccccc1CN1CCNCC1C(=O)O. The molecule has 1 aromatic carbocycles. The number of rotatable bonds is 5. The molecule has 1 fully saturated rings. The second kappa shape index (κ2) is 6.54. The van der Waals surface area contributed by atoms with Crippen LogP contribution in [0.4, 0.5) is 0 Å². The first-order valence-corrected chi connectivity index (χ1v) is 6.60. The highest BCUT2D eigenvalue weighted by Crippen LogP contribution is 2.21. The van der Waals surface area contributed by atoms with Crippen molar-refractivity contribution in [3.63, 3.8) is 0 Å². The number of ether oxygens (including phenoxy) is 1. The van der Waals surface area contributed by atoms with Gasteiger partial charge in [-0.3, -0.25) is 9.69 Å². The summed E-state index contributed by atoms with van der Waals surface area (Å²) >= 11 is 0. The molecule has 1 unspecified atom stereocenters. The summed E-state index contributed by atoms with van der Waals surface area (Å²) in [5, 5.41) is 12.4. The molecule has 0 bridgehead atoms. The number of benzene rings is 1. The van der Waals surface area contributed by atoms with E-state index in [2.05, 4.69) is 5.32 Å². The van der Waals surface area contributed by atoms with Crippen LogP contribution in [0.15, 0.2) is 24.3 Å². The first-order valence-electron chi connectivity index (χ1n) is 6.60. The van der Waals surface area contributed by atoms with Crippen LogP contribution >= 0.6 is 0 Å². The van der Waals surface area contributed by atoms with Gasteiger partial charge in [0.25, 0.3) is 0 Å². The minimum absolute atomic E-state index is 0.469. The van der Waals surface area contributed by atoms with Crippen LogP contribution in [0.2, 0.25) is 0 Å². The van der Waals surface area contributed by atoms with E-state index >= 15 is 0 Å². The van der Waals surface area contributed by atoms with Crippen molar-refractivity contribution < 1.29 is 14.6 Å². The van der Waals surface area contributed by atoms with Crippen LogP contribution in [0.1, 0.15) is 12.5 Å². The fraction of sp³-hybridized carbons (Fsp3) is 0.500. The van der Waals surface area contributed by atoms with Crippen molar-refractivity contribution in [2.75, 3.05) is 26.2 Å². The number of hydrogen-bond donors (Lipinski definition) is 2. The van der Waals surface area contributed by atoms with Crippen molar-refractivity contribution in [1.29, 1.82) is 0 Å². The molecule has 5 nitrogen and oxygen atoms in total. The largest absolute Gasteiger partial charge is 0.494 e. The molecule has 5 heteroatoms. The molecule has 1 aliphatic rings. The van der Waals surface area contributed by atoms with Gasteiger partial charge < -0.3 is 15.2 Å². The third kappa shape index (κ3) is 3.45. The minimum Gasteiger partial charge on any atom is -0.494 e. The summed E-state index contributed by atoms with van der Waals surface area (Å²) in [6, 6.07) is 7.34. The van der Waals surface area contributed by atoms with Crippen LogP contribution in [0, 0.1) is 0 Å². The quantitative estimate of drug-likeness (QED) is 0.829. The van der Waals surface area contributed by atoms with Crippen LogP contribution < -0.4 is 10.1 Å². The van der Waals surface area contributed by atoms with Gasteiger partial charge in [0.1, 0.15) is 11.8 Å². The number of carbonyl (C=O) groups is 1. The lowest BCUT2D eigenvalue weighted by atomic mass is 10.1. The molecule has 0 spiro atoms. The molecule has 19 heavy (non-hydrogen) atoms. The van der Waals surface area contributed by atoms with Crippen molar-refractivity contribution in [1.82, 2.24) is 10.2 Å². The number of para-hydroxylation sites is 1. The topological polar surface area (TPSA) is 61.8 Å². The molecule has 0 radical (unpaired) electrons. The molecule has 1 atom stereocenters. The molecule has 0 aliphatic carbocycles. The number of carboxylic acids is 1. The molecule has 1 aliphatic heterocycles. The second-order valence-corrected chi connectivity index (χ2v) is 4.57. The van der Waals surface area contributed by atoms with Gasteiger partial charge >= 0.3 is 5.97 Å². The van der Waals surface area contributed by atoms with Crippen molar-refractivity contribution in [2.45, 2.75) is 19.5 Å². The van der Waals surface area contributed by atoms with E-state index < -0.39 is 12.0 Å². The van der Waals surface area contributed by atoms with Crippen molar-refractivity contribution >= 4 is 5.97 Å². The van der Waals surface area contributed by atoms with Gasteiger partial charge in [0, 0.05) is 31.7 Å². The summed E-state index contributed by atoms with van der Waals surface area (Å²) in [5.74, 6) is 0.0637. The van der Waals surface area contributed by atoms with Gasteiger partial charge in [-0.25, -0.2) is 0 Å². The van der Waals surface area contributed by atoms with Gasteiger partial charge in [0.15, 0.2) is 0 Å². The Hall–Kier alpha value is -1.59. The highest BCUT2D eigenvalue weighted by molar-refractivity contribution is 5.74. The molecule has 104 valence electrons. The zero-order chi connectivity index (χ0) is 13.7. The van der Waals surface area contributed by atoms with E-state index in [1.165, 1.54) is 0 Å². The Labute approximate surface area is 113 Å². The number of carboxylic acid groups (broad SMARTS) is 1. The fourth-order valence-electron chi connectivity index (χ4n) is 2.33. The highest BCUT2D eigenvalue weighted by Gasteiger charge is 2.28. The second-order valence-electron chi connectivity index (χ2n) is 4.57. The maximum absolute atomic E-state index is 11.3. The predicted molar refractivity (Wildman–Crippen MR) is 72.3 cm³/mol. The Kier molecular flexibility index (Phi) is 4.76. The molecule has 2 N–H and O–H groups in total. The molecular formula is C14H20N2O3. The Bertz CT molecular complexity index is 436. The maximum atomic E-state index is 11.3. The third-order valence-electron chi connectivity index (χ3n) is 3.29. The molecule has 0 saturated carbocycles. The smallest absolute Gasteiger partial charge is 0.322 e. The van der Waals surface area contributed by atoms with Gasteiger partial charge in [-0.05, 0) is 13.0 Å². The minimum atomic E-state index is -0.777. The summed E-state index contributed by atoms with van der Waals surface area (Å²) in [6.45, 7) is 5.21. The van der Waals surface area contributed by atoms with E-state index in [0.717, 1.165) is 24.4 Å². The number of aliphatic carboxylic acids is 1. The van der Waals surface area contributed by atoms with Crippen molar-refractivity contribution in [2.24, 2.45) is 0 Å². The first kappa shape index (κ1) is 13.8. The fourth-order valence-corrected chi connectivity index (χ4v) is 2.33. The summed E-state index contributed by atoms with van der Waals surface area (Å²) < 4.78 is 5.58. The van der Waals surface area contributed by atoms with Gasteiger partial charge in [-0.2, -0.15) is 0 Å². The van der Waals surface area contributed by atoms with Crippen molar-refractivity contribution in [3.05, 3.63) is 29.8 Å². The van der Waals surface area contributed by atoms with Crippen LogP contribution in [0.5, 0.6) is 5.75 Å². The molecule has 0 amide bonds. The standard InChI is InChI=1S/C14H20N2O3/c1-2-19-13-6-4-3-5-11(13)10-16-8-7-15-9-12(16)14(17)18/h3-6,12,15H,2,7-10H2,1H3,(H,17,18). The number of piperazine rings is 1. The Morgan fingerprint density at radius 3 is 3.05 bits per heavy atom. The van der Waals surface area contributed by atoms with Gasteiger partial charge in [0.2, 0.25) is 0 Å². The third-order valence-corrected chi connectivity index (χ3v) is 3.29. The van der Waals surface area contributed by atoms with E-state index in [1.54, 1.807) is 0 Å². The summed E-state index contributed by atoms with van der Waals surface area (Å²) in [5.41, 5.74) is 1.04. The first-order chi connectivity index (χ1) is 9.22. The zero-order valence-electron chi connectivity index (χ0n) is 11.1. The number of hydrogen-bond acceptors (Lipinski definition) is 4. The summed E-state index contributed by atoms with van der Waals surface area (Å²) in [6.07, 6.45) is 0. The van der Waals surface area contributed by atoms with Crippen LogP contribution in [-0.2, 0) is 11.3 Å². The Morgan fingerprint density at radius 2 is 2.32 bits per heavy atom. The van der Waals surface area contributed by atoms with E-state index in [1.807, 2.05) is 36.1 Å². The van der Waals surface area contributed by atoms with E-state index in [9.17, 15) is 9.90 Å². The number of nitrogens with one attached hydrogen (secondary N) is 1. The lowest BCUT2D eigenvalue weighted by Crippen LogP contribution is -2.54. The molecular weight excluding hydrogens is 244 g/mol. The lowest BCUT2D eigenvalue weighted by molar-refractivity contribution is -0.144. The van der Waals surface area contributed by atoms with E-state index in [-0.39, 0.29) is 0 Å². The van der Waals surface area contributed by atoms with Crippen molar-refractivity contribution in [3.8, 4) is 5.75 Å². The van der Waals surface area contributed by atoms with Crippen LogP contribution in [0.25, 0.3) is 0 Å². The molecule has 0 aromatic heterocycles. The monoisotopic (exact) mass is 264 g/mol.